The van der Waals surface area contributed by atoms with Crippen molar-refractivity contribution in [1.82, 2.24) is 0 Å². The number of halogens is 3. The quantitative estimate of drug-likeness (QED) is 0.922. The lowest BCUT2D eigenvalue weighted by Crippen LogP contribution is -2.26. The van der Waals surface area contributed by atoms with Crippen LogP contribution in [0.5, 0.6) is 5.75 Å². The van der Waals surface area contributed by atoms with Crippen molar-refractivity contribution >= 4 is 0 Å². The molecule has 0 radical (unpaired) electrons. The molecular formula is C13H16F3NO2. The van der Waals surface area contributed by atoms with Crippen LogP contribution < -0.4 is 10.5 Å². The molecule has 3 atom stereocenters. The molecular weight excluding hydrogens is 259 g/mol. The second-order valence-corrected chi connectivity index (χ2v) is 4.67. The third kappa shape index (κ3) is 3.61. The highest BCUT2D eigenvalue weighted by Crippen LogP contribution is 2.33. The Balaban J connectivity index is 2.14. The van der Waals surface area contributed by atoms with Crippen molar-refractivity contribution in [1.29, 1.82) is 0 Å². The normalized spacial score (nSPS) is 25.3. The molecule has 0 amide bonds. The van der Waals surface area contributed by atoms with Gasteiger partial charge in [0.25, 0.3) is 0 Å². The Labute approximate surface area is 109 Å². The highest BCUT2D eigenvalue weighted by Gasteiger charge is 2.33. The van der Waals surface area contributed by atoms with E-state index in [0.717, 1.165) is 6.42 Å². The van der Waals surface area contributed by atoms with Gasteiger partial charge in [-0.25, -0.2) is 0 Å². The third-order valence-electron chi connectivity index (χ3n) is 3.37. The molecule has 1 aliphatic heterocycles. The van der Waals surface area contributed by atoms with Gasteiger partial charge in [-0.3, -0.25) is 0 Å². The Morgan fingerprint density at radius 2 is 2.16 bits per heavy atom. The van der Waals surface area contributed by atoms with Crippen LogP contribution in [0.4, 0.5) is 13.2 Å². The van der Waals surface area contributed by atoms with Gasteiger partial charge in [0.2, 0.25) is 0 Å². The SMILES string of the molecule is CC1OCCC1C(N)c1cccc(OC(F)(F)F)c1. The number of hydrogen-bond acceptors (Lipinski definition) is 3. The molecule has 1 saturated heterocycles. The maximum atomic E-state index is 12.2. The van der Waals surface area contributed by atoms with Gasteiger partial charge in [0.15, 0.2) is 0 Å². The van der Waals surface area contributed by atoms with Gasteiger partial charge in [-0.05, 0) is 31.0 Å². The maximum Gasteiger partial charge on any atom is 0.573 e. The van der Waals surface area contributed by atoms with Crippen molar-refractivity contribution in [2.24, 2.45) is 11.7 Å². The average molecular weight is 275 g/mol. The summed E-state index contributed by atoms with van der Waals surface area (Å²) >= 11 is 0. The summed E-state index contributed by atoms with van der Waals surface area (Å²) in [6, 6.07) is 5.46. The molecule has 0 saturated carbocycles. The summed E-state index contributed by atoms with van der Waals surface area (Å²) in [5.41, 5.74) is 6.74. The van der Waals surface area contributed by atoms with Gasteiger partial charge < -0.3 is 15.2 Å². The molecule has 1 heterocycles. The van der Waals surface area contributed by atoms with E-state index in [9.17, 15) is 13.2 Å². The van der Waals surface area contributed by atoms with E-state index in [-0.39, 0.29) is 23.8 Å². The monoisotopic (exact) mass is 275 g/mol. The lowest BCUT2D eigenvalue weighted by Gasteiger charge is -2.22. The first kappa shape index (κ1) is 14.1. The molecule has 1 fully saturated rings. The van der Waals surface area contributed by atoms with E-state index in [1.807, 2.05) is 6.92 Å². The molecule has 0 aromatic heterocycles. The first-order chi connectivity index (χ1) is 8.87. The predicted molar refractivity (Wildman–Crippen MR) is 63.6 cm³/mol. The van der Waals surface area contributed by atoms with Crippen molar-refractivity contribution in [3.05, 3.63) is 29.8 Å². The topological polar surface area (TPSA) is 44.5 Å². The molecule has 0 aliphatic carbocycles. The Hall–Kier alpha value is -1.27. The number of alkyl halides is 3. The Kier molecular flexibility index (Phi) is 4.01. The largest absolute Gasteiger partial charge is 0.573 e. The summed E-state index contributed by atoms with van der Waals surface area (Å²) in [7, 11) is 0. The van der Waals surface area contributed by atoms with Crippen LogP contribution in [-0.4, -0.2) is 19.1 Å². The fraction of sp³-hybridized carbons (Fsp3) is 0.538. The van der Waals surface area contributed by atoms with Gasteiger partial charge in [-0.2, -0.15) is 0 Å². The zero-order valence-electron chi connectivity index (χ0n) is 10.5. The summed E-state index contributed by atoms with van der Waals surface area (Å²) in [6.07, 6.45) is -3.86. The van der Waals surface area contributed by atoms with Crippen LogP contribution in [0.25, 0.3) is 0 Å². The van der Waals surface area contributed by atoms with Crippen LogP contribution in [0.1, 0.15) is 24.9 Å². The zero-order valence-corrected chi connectivity index (χ0v) is 10.5. The number of hydrogen-bond donors (Lipinski definition) is 1. The summed E-state index contributed by atoms with van der Waals surface area (Å²) in [4.78, 5) is 0. The molecule has 1 aliphatic rings. The molecule has 6 heteroatoms. The van der Waals surface area contributed by atoms with Gasteiger partial charge in [-0.15, -0.1) is 13.2 Å². The van der Waals surface area contributed by atoms with Crippen LogP contribution in [0.2, 0.25) is 0 Å². The van der Waals surface area contributed by atoms with E-state index in [1.165, 1.54) is 18.2 Å². The van der Waals surface area contributed by atoms with Crippen LogP contribution in [0, 0.1) is 5.92 Å². The average Bonchev–Trinajstić information content (AvgIpc) is 2.72. The first-order valence-electron chi connectivity index (χ1n) is 6.10. The van der Waals surface area contributed by atoms with Crippen molar-refractivity contribution < 1.29 is 22.6 Å². The molecule has 0 bridgehead atoms. The lowest BCUT2D eigenvalue weighted by atomic mass is 9.89. The maximum absolute atomic E-state index is 12.2. The predicted octanol–water partition coefficient (Wildman–Crippen LogP) is 3.01. The third-order valence-corrected chi connectivity index (χ3v) is 3.37. The molecule has 0 spiro atoms. The van der Waals surface area contributed by atoms with Crippen LogP contribution in [-0.2, 0) is 4.74 Å². The van der Waals surface area contributed by atoms with Crippen LogP contribution in [0.3, 0.4) is 0 Å². The number of ether oxygens (including phenoxy) is 2. The molecule has 3 unspecified atom stereocenters. The molecule has 2 N–H and O–H groups in total. The smallest absolute Gasteiger partial charge is 0.406 e. The van der Waals surface area contributed by atoms with Crippen LogP contribution in [0.15, 0.2) is 24.3 Å². The number of nitrogens with two attached hydrogens (primary N) is 1. The summed E-state index contributed by atoms with van der Waals surface area (Å²) in [5.74, 6) is -0.131. The van der Waals surface area contributed by atoms with E-state index >= 15 is 0 Å². The summed E-state index contributed by atoms with van der Waals surface area (Å²) in [6.45, 7) is 2.56. The molecule has 2 rings (SSSR count). The van der Waals surface area contributed by atoms with Crippen LogP contribution >= 0.6 is 0 Å². The zero-order chi connectivity index (χ0) is 14.0. The lowest BCUT2D eigenvalue weighted by molar-refractivity contribution is -0.274. The van der Waals surface area contributed by atoms with E-state index in [2.05, 4.69) is 4.74 Å². The van der Waals surface area contributed by atoms with Gasteiger partial charge in [0.05, 0.1) is 6.10 Å². The Bertz CT molecular complexity index is 436. The van der Waals surface area contributed by atoms with E-state index in [1.54, 1.807) is 6.07 Å². The van der Waals surface area contributed by atoms with Crippen molar-refractivity contribution in [3.8, 4) is 5.75 Å². The molecule has 106 valence electrons. The summed E-state index contributed by atoms with van der Waals surface area (Å²) < 4.78 is 45.8. The van der Waals surface area contributed by atoms with Crippen molar-refractivity contribution in [2.75, 3.05) is 6.61 Å². The minimum absolute atomic E-state index is 0.0159. The van der Waals surface area contributed by atoms with Crippen molar-refractivity contribution in [3.63, 3.8) is 0 Å². The minimum Gasteiger partial charge on any atom is -0.406 e. The van der Waals surface area contributed by atoms with E-state index in [4.69, 9.17) is 10.5 Å². The highest BCUT2D eigenvalue weighted by molar-refractivity contribution is 5.31. The first-order valence-corrected chi connectivity index (χ1v) is 6.10. The summed E-state index contributed by atoms with van der Waals surface area (Å²) in [5, 5.41) is 0. The molecule has 1 aromatic carbocycles. The van der Waals surface area contributed by atoms with Gasteiger partial charge >= 0.3 is 6.36 Å². The molecule has 19 heavy (non-hydrogen) atoms. The highest BCUT2D eigenvalue weighted by atomic mass is 19.4. The fourth-order valence-corrected chi connectivity index (χ4v) is 2.39. The van der Waals surface area contributed by atoms with E-state index in [0.29, 0.717) is 12.2 Å². The molecule has 3 nitrogen and oxygen atoms in total. The minimum atomic E-state index is -4.69. The Morgan fingerprint density at radius 1 is 1.42 bits per heavy atom. The Morgan fingerprint density at radius 3 is 2.74 bits per heavy atom. The second-order valence-electron chi connectivity index (χ2n) is 4.67. The standard InChI is InChI=1S/C13H16F3NO2/c1-8-11(5-6-18-8)12(17)9-3-2-4-10(7-9)19-13(14,15)16/h2-4,7-8,11-12H,5-6,17H2,1H3. The van der Waals surface area contributed by atoms with Gasteiger partial charge in [0, 0.05) is 18.6 Å². The van der Waals surface area contributed by atoms with Gasteiger partial charge in [0.1, 0.15) is 5.75 Å². The number of benzene rings is 1. The fourth-order valence-electron chi connectivity index (χ4n) is 2.39. The van der Waals surface area contributed by atoms with E-state index < -0.39 is 6.36 Å². The molecule has 1 aromatic rings. The van der Waals surface area contributed by atoms with Gasteiger partial charge in [-0.1, -0.05) is 12.1 Å². The second kappa shape index (κ2) is 5.38. The van der Waals surface area contributed by atoms with Crippen molar-refractivity contribution in [2.45, 2.75) is 31.9 Å². The number of rotatable bonds is 3.